The predicted octanol–water partition coefficient (Wildman–Crippen LogP) is 1.14. The largest absolute Gasteiger partial charge is 0.493 e. The van der Waals surface area contributed by atoms with Crippen molar-refractivity contribution in [1.82, 2.24) is 9.78 Å². The number of methoxy groups -OCH3 is 1. The number of ether oxygens (including phenoxy) is 2. The van der Waals surface area contributed by atoms with Crippen molar-refractivity contribution < 1.29 is 14.7 Å². The van der Waals surface area contributed by atoms with Crippen LogP contribution >= 0.6 is 0 Å². The van der Waals surface area contributed by atoms with Gasteiger partial charge in [0, 0.05) is 25.2 Å². The van der Waals surface area contributed by atoms with E-state index in [-0.39, 0.29) is 5.84 Å². The number of aryl methyl sites for hydroxylation is 1. The smallest absolute Gasteiger partial charge is 0.170 e. The standard InChI is InChI=1S/C14H18N4O3/c1-18-9-10(8-16-18)5-6-21-12-4-3-11(14(15)17-19)7-13(12)20-2/h3-4,7-9,19H,5-6H2,1-2H3,(H2,15,17). The average Bonchev–Trinajstić information content (AvgIpc) is 2.92. The highest BCUT2D eigenvalue weighted by atomic mass is 16.5. The Labute approximate surface area is 122 Å². The van der Waals surface area contributed by atoms with Crippen molar-refractivity contribution >= 4 is 5.84 Å². The molecule has 0 saturated heterocycles. The summed E-state index contributed by atoms with van der Waals surface area (Å²) >= 11 is 0. The fourth-order valence-corrected chi connectivity index (χ4v) is 1.88. The zero-order valence-corrected chi connectivity index (χ0v) is 12.0. The zero-order valence-electron chi connectivity index (χ0n) is 12.0. The fraction of sp³-hybridized carbons (Fsp3) is 0.286. The first-order valence-electron chi connectivity index (χ1n) is 6.40. The van der Waals surface area contributed by atoms with Crippen LogP contribution in [0.1, 0.15) is 11.1 Å². The van der Waals surface area contributed by atoms with E-state index in [1.165, 1.54) is 0 Å². The summed E-state index contributed by atoms with van der Waals surface area (Å²) in [7, 11) is 3.42. The Balaban J connectivity index is 2.02. The highest BCUT2D eigenvalue weighted by molar-refractivity contribution is 5.97. The second-order valence-electron chi connectivity index (χ2n) is 4.47. The molecule has 112 valence electrons. The number of oxime groups is 1. The van der Waals surface area contributed by atoms with Gasteiger partial charge in [-0.2, -0.15) is 5.10 Å². The summed E-state index contributed by atoms with van der Waals surface area (Å²) < 4.78 is 12.7. The lowest BCUT2D eigenvalue weighted by Gasteiger charge is -2.11. The minimum Gasteiger partial charge on any atom is -0.493 e. The number of rotatable bonds is 6. The third-order valence-corrected chi connectivity index (χ3v) is 2.97. The SMILES string of the molecule is COc1cc(/C(N)=N/O)ccc1OCCc1cnn(C)c1. The van der Waals surface area contributed by atoms with Gasteiger partial charge in [0.2, 0.25) is 0 Å². The maximum absolute atomic E-state index is 8.67. The van der Waals surface area contributed by atoms with Gasteiger partial charge in [0.15, 0.2) is 17.3 Å². The Morgan fingerprint density at radius 1 is 1.43 bits per heavy atom. The van der Waals surface area contributed by atoms with Crippen molar-refractivity contribution in [2.45, 2.75) is 6.42 Å². The number of nitrogens with two attached hydrogens (primary N) is 1. The van der Waals surface area contributed by atoms with Gasteiger partial charge < -0.3 is 20.4 Å². The van der Waals surface area contributed by atoms with Crippen LogP contribution in [-0.2, 0) is 13.5 Å². The molecule has 3 N–H and O–H groups in total. The molecule has 0 bridgehead atoms. The van der Waals surface area contributed by atoms with Crippen LogP contribution in [0.4, 0.5) is 0 Å². The van der Waals surface area contributed by atoms with Crippen LogP contribution in [0.2, 0.25) is 0 Å². The summed E-state index contributed by atoms with van der Waals surface area (Å²) in [6.45, 7) is 0.505. The minimum atomic E-state index is 0.0233. The number of nitrogens with zero attached hydrogens (tertiary/aromatic N) is 3. The number of benzene rings is 1. The van der Waals surface area contributed by atoms with Crippen LogP contribution in [0, 0.1) is 0 Å². The Morgan fingerprint density at radius 2 is 2.24 bits per heavy atom. The van der Waals surface area contributed by atoms with E-state index in [1.54, 1.807) is 30.0 Å². The second-order valence-corrected chi connectivity index (χ2v) is 4.47. The molecule has 0 spiro atoms. The molecule has 21 heavy (non-hydrogen) atoms. The van der Waals surface area contributed by atoms with Gasteiger partial charge in [-0.05, 0) is 23.8 Å². The van der Waals surface area contributed by atoms with Crippen LogP contribution in [0.15, 0.2) is 35.7 Å². The Bertz CT molecular complexity index is 637. The lowest BCUT2D eigenvalue weighted by Crippen LogP contribution is -2.13. The van der Waals surface area contributed by atoms with E-state index >= 15 is 0 Å². The van der Waals surface area contributed by atoms with E-state index in [9.17, 15) is 0 Å². The van der Waals surface area contributed by atoms with E-state index in [4.69, 9.17) is 20.4 Å². The molecule has 0 aliphatic carbocycles. The molecule has 7 heteroatoms. The van der Waals surface area contributed by atoms with Crippen LogP contribution < -0.4 is 15.2 Å². The van der Waals surface area contributed by atoms with E-state index in [1.807, 2.05) is 19.4 Å². The van der Waals surface area contributed by atoms with Crippen LogP contribution in [0.5, 0.6) is 11.5 Å². The lowest BCUT2D eigenvalue weighted by atomic mass is 10.2. The molecule has 0 aliphatic rings. The van der Waals surface area contributed by atoms with E-state index < -0.39 is 0 Å². The van der Waals surface area contributed by atoms with Gasteiger partial charge in [0.25, 0.3) is 0 Å². The number of amidine groups is 1. The molecular weight excluding hydrogens is 272 g/mol. The molecular formula is C14H18N4O3. The summed E-state index contributed by atoms with van der Waals surface area (Å²) in [6.07, 6.45) is 4.50. The quantitative estimate of drug-likeness (QED) is 0.360. The molecule has 0 radical (unpaired) electrons. The molecule has 1 aromatic carbocycles. The van der Waals surface area contributed by atoms with Crippen LogP contribution in [-0.4, -0.2) is 34.5 Å². The molecule has 0 aliphatic heterocycles. The van der Waals surface area contributed by atoms with Gasteiger partial charge in [-0.3, -0.25) is 4.68 Å². The summed E-state index contributed by atoms with van der Waals surface area (Å²) in [5, 5.41) is 15.7. The molecule has 1 heterocycles. The summed E-state index contributed by atoms with van der Waals surface area (Å²) in [5.74, 6) is 1.16. The molecule has 7 nitrogen and oxygen atoms in total. The third-order valence-electron chi connectivity index (χ3n) is 2.97. The first-order valence-corrected chi connectivity index (χ1v) is 6.40. The first-order chi connectivity index (χ1) is 10.1. The maximum Gasteiger partial charge on any atom is 0.170 e. The molecule has 1 aromatic heterocycles. The molecule has 0 saturated carbocycles. The molecule has 0 unspecified atom stereocenters. The molecule has 0 amide bonds. The van der Waals surface area contributed by atoms with Crippen molar-refractivity contribution in [3.8, 4) is 11.5 Å². The maximum atomic E-state index is 8.67. The average molecular weight is 290 g/mol. The normalized spacial score (nSPS) is 11.4. The minimum absolute atomic E-state index is 0.0233. The van der Waals surface area contributed by atoms with Crippen molar-refractivity contribution in [3.05, 3.63) is 41.7 Å². The number of aromatic nitrogens is 2. The van der Waals surface area contributed by atoms with Gasteiger partial charge in [0.1, 0.15) is 0 Å². The fourth-order valence-electron chi connectivity index (χ4n) is 1.88. The molecule has 0 atom stereocenters. The van der Waals surface area contributed by atoms with Gasteiger partial charge in [-0.15, -0.1) is 0 Å². The molecule has 2 aromatic rings. The first kappa shape index (κ1) is 14.7. The summed E-state index contributed by atoms with van der Waals surface area (Å²) in [5.41, 5.74) is 7.21. The lowest BCUT2D eigenvalue weighted by molar-refractivity contribution is 0.297. The molecule has 0 fully saturated rings. The number of hydrogen-bond acceptors (Lipinski definition) is 5. The van der Waals surface area contributed by atoms with Crippen molar-refractivity contribution in [2.75, 3.05) is 13.7 Å². The number of hydrogen-bond donors (Lipinski definition) is 2. The van der Waals surface area contributed by atoms with E-state index in [0.717, 1.165) is 12.0 Å². The Morgan fingerprint density at radius 3 is 2.86 bits per heavy atom. The van der Waals surface area contributed by atoms with E-state index in [0.29, 0.717) is 23.7 Å². The van der Waals surface area contributed by atoms with Crippen molar-refractivity contribution in [1.29, 1.82) is 0 Å². The van der Waals surface area contributed by atoms with Crippen LogP contribution in [0.25, 0.3) is 0 Å². The van der Waals surface area contributed by atoms with Crippen LogP contribution in [0.3, 0.4) is 0 Å². The van der Waals surface area contributed by atoms with Gasteiger partial charge in [-0.1, -0.05) is 5.16 Å². The van der Waals surface area contributed by atoms with Gasteiger partial charge >= 0.3 is 0 Å². The zero-order chi connectivity index (χ0) is 15.2. The highest BCUT2D eigenvalue weighted by Crippen LogP contribution is 2.28. The van der Waals surface area contributed by atoms with Gasteiger partial charge in [-0.25, -0.2) is 0 Å². The Hall–Kier alpha value is -2.70. The van der Waals surface area contributed by atoms with Gasteiger partial charge in [0.05, 0.1) is 19.9 Å². The highest BCUT2D eigenvalue weighted by Gasteiger charge is 2.08. The predicted molar refractivity (Wildman–Crippen MR) is 77.9 cm³/mol. The second kappa shape index (κ2) is 6.65. The third kappa shape index (κ3) is 3.65. The Kier molecular flexibility index (Phi) is 4.65. The van der Waals surface area contributed by atoms with Crippen molar-refractivity contribution in [2.24, 2.45) is 17.9 Å². The molecule has 2 rings (SSSR count). The summed E-state index contributed by atoms with van der Waals surface area (Å²) in [6, 6.07) is 5.10. The summed E-state index contributed by atoms with van der Waals surface area (Å²) in [4.78, 5) is 0. The van der Waals surface area contributed by atoms with Crippen molar-refractivity contribution in [3.63, 3.8) is 0 Å². The topological polar surface area (TPSA) is 94.9 Å². The van der Waals surface area contributed by atoms with E-state index in [2.05, 4.69) is 10.3 Å². The monoisotopic (exact) mass is 290 g/mol.